The van der Waals surface area contributed by atoms with Crippen LogP contribution in [-0.4, -0.2) is 33.9 Å². The summed E-state index contributed by atoms with van der Waals surface area (Å²) in [5, 5.41) is 2.93. The predicted molar refractivity (Wildman–Crippen MR) is 113 cm³/mol. The van der Waals surface area contributed by atoms with E-state index in [2.05, 4.69) is 27.1 Å². The number of halogens is 1. The van der Waals surface area contributed by atoms with Crippen LogP contribution >= 0.6 is 0 Å². The number of rotatable bonds is 10. The molecule has 1 aliphatic rings. The minimum absolute atomic E-state index is 0.0776. The highest BCUT2D eigenvalue weighted by Crippen LogP contribution is 2.23. The van der Waals surface area contributed by atoms with Crippen LogP contribution in [0.1, 0.15) is 62.5 Å². The van der Waals surface area contributed by atoms with Crippen molar-refractivity contribution in [2.45, 2.75) is 65.0 Å². The number of hydrogen-bond donors (Lipinski definition) is 2. The van der Waals surface area contributed by atoms with E-state index in [-0.39, 0.29) is 11.7 Å². The molecule has 1 aromatic heterocycles. The van der Waals surface area contributed by atoms with Crippen LogP contribution in [0.5, 0.6) is 0 Å². The fourth-order valence-corrected chi connectivity index (χ4v) is 3.86. The number of carbonyl (C=O) groups is 1. The highest BCUT2D eigenvalue weighted by molar-refractivity contribution is 5.75. The Hall–Kier alpha value is -2.21. The van der Waals surface area contributed by atoms with E-state index in [1.54, 1.807) is 12.1 Å². The molecule has 0 bridgehead atoms. The van der Waals surface area contributed by atoms with Gasteiger partial charge in [0.2, 0.25) is 5.91 Å². The van der Waals surface area contributed by atoms with Crippen LogP contribution in [0.4, 0.5) is 4.39 Å². The predicted octanol–water partition coefficient (Wildman–Crippen LogP) is 4.20. The standard InChI is InChI=1S/C23H33FN4O/c1-2-3-4-22-25-16-21(27-22)17-28-13-11-18(12-14-28)7-10-23(29)26-15-19-5-8-20(24)9-6-19/h5-6,8-9,16,18H,2-4,7,10-15,17H2,1H3,(H,25,27)(H,26,29). The highest BCUT2D eigenvalue weighted by Gasteiger charge is 2.20. The van der Waals surface area contributed by atoms with Gasteiger partial charge >= 0.3 is 0 Å². The maximum Gasteiger partial charge on any atom is 0.220 e. The largest absolute Gasteiger partial charge is 0.352 e. The molecule has 1 amide bonds. The Morgan fingerprint density at radius 1 is 1.28 bits per heavy atom. The van der Waals surface area contributed by atoms with Gasteiger partial charge in [-0.3, -0.25) is 9.69 Å². The Bertz CT molecular complexity index is 750. The van der Waals surface area contributed by atoms with E-state index in [0.29, 0.717) is 18.9 Å². The number of carbonyl (C=O) groups excluding carboxylic acids is 1. The van der Waals surface area contributed by atoms with Crippen molar-refractivity contribution in [3.8, 4) is 0 Å². The maximum absolute atomic E-state index is 12.9. The van der Waals surface area contributed by atoms with Gasteiger partial charge in [0.25, 0.3) is 0 Å². The molecular weight excluding hydrogens is 367 g/mol. The summed E-state index contributed by atoms with van der Waals surface area (Å²) in [7, 11) is 0. The fraction of sp³-hybridized carbons (Fsp3) is 0.565. The van der Waals surface area contributed by atoms with E-state index >= 15 is 0 Å². The zero-order valence-corrected chi connectivity index (χ0v) is 17.4. The molecule has 0 radical (unpaired) electrons. The number of likely N-dealkylation sites (tertiary alicyclic amines) is 1. The molecule has 2 heterocycles. The number of aryl methyl sites for hydroxylation is 1. The van der Waals surface area contributed by atoms with Gasteiger partial charge < -0.3 is 10.3 Å². The molecule has 0 saturated carbocycles. The smallest absolute Gasteiger partial charge is 0.220 e. The molecule has 158 valence electrons. The molecule has 0 unspecified atom stereocenters. The van der Waals surface area contributed by atoms with E-state index in [1.807, 2.05) is 6.20 Å². The summed E-state index contributed by atoms with van der Waals surface area (Å²) < 4.78 is 12.9. The van der Waals surface area contributed by atoms with Crippen LogP contribution in [0.15, 0.2) is 30.5 Å². The van der Waals surface area contributed by atoms with Gasteiger partial charge in [-0.2, -0.15) is 0 Å². The van der Waals surface area contributed by atoms with Crippen LogP contribution in [0.2, 0.25) is 0 Å². The first-order valence-corrected chi connectivity index (χ1v) is 10.9. The Balaban J connectivity index is 1.30. The number of aromatic amines is 1. The first-order valence-electron chi connectivity index (χ1n) is 10.9. The van der Waals surface area contributed by atoms with Gasteiger partial charge in [-0.25, -0.2) is 9.37 Å². The summed E-state index contributed by atoms with van der Waals surface area (Å²) in [5.41, 5.74) is 2.12. The molecule has 2 N–H and O–H groups in total. The van der Waals surface area contributed by atoms with Crippen LogP contribution in [0.25, 0.3) is 0 Å². The second kappa shape index (κ2) is 11.1. The average molecular weight is 401 g/mol. The van der Waals surface area contributed by atoms with Crippen molar-refractivity contribution < 1.29 is 9.18 Å². The van der Waals surface area contributed by atoms with Crippen molar-refractivity contribution in [3.05, 3.63) is 53.4 Å². The van der Waals surface area contributed by atoms with Gasteiger partial charge in [-0.1, -0.05) is 25.5 Å². The lowest BCUT2D eigenvalue weighted by molar-refractivity contribution is -0.121. The Labute approximate surface area is 173 Å². The van der Waals surface area contributed by atoms with E-state index < -0.39 is 0 Å². The number of hydrogen-bond acceptors (Lipinski definition) is 3. The summed E-state index contributed by atoms with van der Waals surface area (Å²) in [6.45, 7) is 5.74. The topological polar surface area (TPSA) is 61.0 Å². The van der Waals surface area contributed by atoms with E-state index in [4.69, 9.17) is 0 Å². The van der Waals surface area contributed by atoms with Crippen LogP contribution in [-0.2, 0) is 24.3 Å². The van der Waals surface area contributed by atoms with Crippen molar-refractivity contribution in [3.63, 3.8) is 0 Å². The van der Waals surface area contributed by atoms with Gasteiger partial charge in [0.1, 0.15) is 11.6 Å². The third-order valence-electron chi connectivity index (χ3n) is 5.73. The number of H-pyrrole nitrogens is 1. The highest BCUT2D eigenvalue weighted by atomic mass is 19.1. The second-order valence-electron chi connectivity index (χ2n) is 8.12. The third kappa shape index (κ3) is 7.28. The molecule has 1 aromatic carbocycles. The van der Waals surface area contributed by atoms with Crippen molar-refractivity contribution in [1.82, 2.24) is 20.2 Å². The van der Waals surface area contributed by atoms with Crippen LogP contribution < -0.4 is 5.32 Å². The molecule has 3 rings (SSSR count). The van der Waals surface area contributed by atoms with Crippen molar-refractivity contribution >= 4 is 5.91 Å². The van der Waals surface area contributed by atoms with Crippen molar-refractivity contribution in [2.24, 2.45) is 5.92 Å². The second-order valence-corrected chi connectivity index (χ2v) is 8.12. The molecule has 6 heteroatoms. The van der Waals surface area contributed by atoms with E-state index in [9.17, 15) is 9.18 Å². The van der Waals surface area contributed by atoms with Gasteiger partial charge in [0.15, 0.2) is 0 Å². The lowest BCUT2D eigenvalue weighted by atomic mass is 9.92. The Morgan fingerprint density at radius 3 is 2.76 bits per heavy atom. The average Bonchev–Trinajstić information content (AvgIpc) is 3.18. The fourth-order valence-electron chi connectivity index (χ4n) is 3.86. The number of amides is 1. The number of benzene rings is 1. The Morgan fingerprint density at radius 2 is 2.03 bits per heavy atom. The minimum Gasteiger partial charge on any atom is -0.352 e. The number of nitrogens with one attached hydrogen (secondary N) is 2. The first kappa shape index (κ1) is 21.5. The minimum atomic E-state index is -0.254. The quantitative estimate of drug-likeness (QED) is 0.628. The number of unbranched alkanes of at least 4 members (excludes halogenated alkanes) is 1. The van der Waals surface area contributed by atoms with Gasteiger partial charge in [0.05, 0.1) is 0 Å². The number of aromatic nitrogens is 2. The molecule has 1 aliphatic heterocycles. The number of imidazole rings is 1. The van der Waals surface area contributed by atoms with Crippen molar-refractivity contribution in [2.75, 3.05) is 13.1 Å². The molecule has 0 aliphatic carbocycles. The van der Waals surface area contributed by atoms with Gasteiger partial charge in [-0.15, -0.1) is 0 Å². The van der Waals surface area contributed by atoms with Crippen molar-refractivity contribution in [1.29, 1.82) is 0 Å². The summed E-state index contributed by atoms with van der Waals surface area (Å²) in [4.78, 5) is 22.5. The lowest BCUT2D eigenvalue weighted by Gasteiger charge is -2.31. The molecule has 1 fully saturated rings. The van der Waals surface area contributed by atoms with Crippen LogP contribution in [0, 0.1) is 11.7 Å². The maximum atomic E-state index is 12.9. The normalized spacial score (nSPS) is 15.5. The number of piperidine rings is 1. The molecule has 2 aromatic rings. The monoisotopic (exact) mass is 400 g/mol. The zero-order valence-electron chi connectivity index (χ0n) is 17.4. The van der Waals surface area contributed by atoms with E-state index in [0.717, 1.165) is 56.7 Å². The van der Waals surface area contributed by atoms with Gasteiger partial charge in [-0.05, 0) is 62.4 Å². The molecule has 0 atom stereocenters. The SMILES string of the molecule is CCCCc1ncc(CN2CCC(CCC(=O)NCc3ccc(F)cc3)CC2)[nH]1. The summed E-state index contributed by atoms with van der Waals surface area (Å²) in [6, 6.07) is 6.25. The molecular formula is C23H33FN4O. The first-order chi connectivity index (χ1) is 14.1. The third-order valence-corrected chi connectivity index (χ3v) is 5.73. The summed E-state index contributed by atoms with van der Waals surface area (Å²) >= 11 is 0. The molecule has 1 saturated heterocycles. The summed E-state index contributed by atoms with van der Waals surface area (Å²) in [6.07, 6.45) is 9.15. The number of nitrogens with zero attached hydrogens (tertiary/aromatic N) is 2. The summed E-state index contributed by atoms with van der Waals surface area (Å²) in [5.74, 6) is 1.54. The molecule has 29 heavy (non-hydrogen) atoms. The van der Waals surface area contributed by atoms with Gasteiger partial charge in [0, 0.05) is 37.8 Å². The van der Waals surface area contributed by atoms with Crippen LogP contribution in [0.3, 0.4) is 0 Å². The molecule has 5 nitrogen and oxygen atoms in total. The van der Waals surface area contributed by atoms with E-state index in [1.165, 1.54) is 30.7 Å². The lowest BCUT2D eigenvalue weighted by Crippen LogP contribution is -2.34. The molecule has 0 spiro atoms. The Kier molecular flexibility index (Phi) is 8.23. The zero-order chi connectivity index (χ0) is 20.5.